The van der Waals surface area contributed by atoms with E-state index in [4.69, 9.17) is 16.3 Å². The van der Waals surface area contributed by atoms with Gasteiger partial charge in [0.2, 0.25) is 5.91 Å². The quantitative estimate of drug-likeness (QED) is 0.548. The molecule has 0 bridgehead atoms. The first-order chi connectivity index (χ1) is 14.8. The van der Waals surface area contributed by atoms with Crippen LogP contribution in [0.4, 0.5) is 11.4 Å². The highest BCUT2D eigenvalue weighted by Crippen LogP contribution is 2.33. The van der Waals surface area contributed by atoms with Crippen molar-refractivity contribution in [1.82, 2.24) is 0 Å². The molecule has 1 saturated heterocycles. The van der Waals surface area contributed by atoms with Crippen LogP contribution in [0.25, 0.3) is 0 Å². The summed E-state index contributed by atoms with van der Waals surface area (Å²) < 4.78 is 5.90. The number of ether oxygens (including phenoxy) is 1. The van der Waals surface area contributed by atoms with Crippen LogP contribution >= 0.6 is 27.5 Å². The molecule has 1 aliphatic rings. The van der Waals surface area contributed by atoms with Gasteiger partial charge in [-0.1, -0.05) is 43.6 Å². The highest BCUT2D eigenvalue weighted by molar-refractivity contribution is 9.10. The lowest BCUT2D eigenvalue weighted by molar-refractivity contribution is -0.151. The summed E-state index contributed by atoms with van der Waals surface area (Å²) in [5, 5.41) is 3.09. The van der Waals surface area contributed by atoms with Crippen molar-refractivity contribution < 1.29 is 19.1 Å². The zero-order valence-corrected chi connectivity index (χ0v) is 19.8. The molecule has 2 amide bonds. The van der Waals surface area contributed by atoms with Gasteiger partial charge in [0, 0.05) is 28.8 Å². The number of esters is 1. The number of anilines is 2. The number of amides is 2. The van der Waals surface area contributed by atoms with Crippen molar-refractivity contribution in [2.24, 2.45) is 5.92 Å². The zero-order valence-electron chi connectivity index (χ0n) is 17.4. The van der Waals surface area contributed by atoms with Crippen molar-refractivity contribution >= 4 is 56.7 Å². The number of aryl methyl sites for hydroxylation is 2. The molecule has 2 aromatic carbocycles. The molecule has 1 N–H and O–H groups in total. The predicted molar refractivity (Wildman–Crippen MR) is 124 cm³/mol. The van der Waals surface area contributed by atoms with Crippen molar-refractivity contribution in [3.8, 4) is 0 Å². The first kappa shape index (κ1) is 23.3. The van der Waals surface area contributed by atoms with Crippen molar-refractivity contribution in [1.29, 1.82) is 0 Å². The number of para-hydroxylation sites is 1. The summed E-state index contributed by atoms with van der Waals surface area (Å²) >= 11 is 9.29. The largest absolute Gasteiger partial charge is 0.455 e. The summed E-state index contributed by atoms with van der Waals surface area (Å²) in [4.78, 5) is 39.0. The van der Waals surface area contributed by atoms with Crippen LogP contribution in [-0.2, 0) is 32.0 Å². The molecule has 1 atom stereocenters. The number of rotatable bonds is 7. The molecule has 8 heteroatoms. The van der Waals surface area contributed by atoms with Gasteiger partial charge >= 0.3 is 5.97 Å². The topological polar surface area (TPSA) is 75.7 Å². The van der Waals surface area contributed by atoms with E-state index in [9.17, 15) is 14.4 Å². The molecule has 6 nitrogen and oxygen atoms in total. The van der Waals surface area contributed by atoms with Gasteiger partial charge in [0.1, 0.15) is 0 Å². The third kappa shape index (κ3) is 5.46. The lowest BCUT2D eigenvalue weighted by atomic mass is 10.0. The Bertz CT molecular complexity index is 989. The van der Waals surface area contributed by atoms with E-state index in [1.807, 2.05) is 32.0 Å². The molecule has 0 aromatic heterocycles. The van der Waals surface area contributed by atoms with Crippen molar-refractivity contribution in [2.45, 2.75) is 33.1 Å². The number of nitrogens with zero attached hydrogens (tertiary/aromatic N) is 1. The SMILES string of the molecule is CCc1cccc(CC)c1N1C[C@@H](C(=O)OCC(=O)Nc2ccc(Br)c(Cl)c2)CC1=O. The highest BCUT2D eigenvalue weighted by atomic mass is 79.9. The van der Waals surface area contributed by atoms with Crippen molar-refractivity contribution in [3.63, 3.8) is 0 Å². The Kier molecular flexibility index (Phi) is 7.73. The van der Waals surface area contributed by atoms with E-state index in [0.29, 0.717) is 15.2 Å². The summed E-state index contributed by atoms with van der Waals surface area (Å²) in [5.74, 6) is -1.73. The van der Waals surface area contributed by atoms with Crippen molar-refractivity contribution in [3.05, 3.63) is 57.0 Å². The van der Waals surface area contributed by atoms with E-state index in [1.54, 1.807) is 23.1 Å². The van der Waals surface area contributed by atoms with Gasteiger partial charge in [-0.3, -0.25) is 14.4 Å². The van der Waals surface area contributed by atoms with Crippen LogP contribution < -0.4 is 10.2 Å². The van der Waals surface area contributed by atoms with Crippen LogP contribution in [-0.4, -0.2) is 30.9 Å². The maximum atomic E-state index is 12.7. The van der Waals surface area contributed by atoms with E-state index in [1.165, 1.54) is 0 Å². The lowest BCUT2D eigenvalue weighted by Crippen LogP contribution is -2.29. The van der Waals surface area contributed by atoms with E-state index in [2.05, 4.69) is 21.2 Å². The van der Waals surface area contributed by atoms with E-state index in [-0.39, 0.29) is 18.9 Å². The van der Waals surface area contributed by atoms with Gasteiger partial charge in [-0.05, 0) is 58.1 Å². The molecule has 0 unspecified atom stereocenters. The first-order valence-electron chi connectivity index (χ1n) is 10.2. The van der Waals surface area contributed by atoms with E-state index >= 15 is 0 Å². The number of nitrogens with one attached hydrogen (secondary N) is 1. The van der Waals surface area contributed by atoms with Gasteiger partial charge < -0.3 is 15.0 Å². The lowest BCUT2D eigenvalue weighted by Gasteiger charge is -2.23. The summed E-state index contributed by atoms with van der Waals surface area (Å²) in [6.45, 7) is 3.91. The highest BCUT2D eigenvalue weighted by Gasteiger charge is 2.37. The Morgan fingerprint density at radius 1 is 1.19 bits per heavy atom. The molecule has 1 aliphatic heterocycles. The third-order valence-corrected chi connectivity index (χ3v) is 6.47. The average molecular weight is 508 g/mol. The number of hydrogen-bond donors (Lipinski definition) is 1. The van der Waals surface area contributed by atoms with Crippen LogP contribution in [0.2, 0.25) is 5.02 Å². The molecule has 0 saturated carbocycles. The van der Waals surface area contributed by atoms with Gasteiger partial charge in [0.15, 0.2) is 6.61 Å². The Balaban J connectivity index is 1.61. The van der Waals surface area contributed by atoms with Crippen LogP contribution in [0.3, 0.4) is 0 Å². The molecule has 0 spiro atoms. The van der Waals surface area contributed by atoms with Crippen molar-refractivity contribution in [2.75, 3.05) is 23.4 Å². The number of hydrogen-bond acceptors (Lipinski definition) is 4. The summed E-state index contributed by atoms with van der Waals surface area (Å²) in [5.41, 5.74) is 3.56. The molecule has 0 radical (unpaired) electrons. The fourth-order valence-corrected chi connectivity index (χ4v) is 4.10. The minimum Gasteiger partial charge on any atom is -0.455 e. The second-order valence-electron chi connectivity index (χ2n) is 7.32. The Morgan fingerprint density at radius 3 is 2.48 bits per heavy atom. The molecule has 2 aromatic rings. The third-order valence-electron chi connectivity index (χ3n) is 5.24. The van der Waals surface area contributed by atoms with Crippen LogP contribution in [0.15, 0.2) is 40.9 Å². The maximum Gasteiger partial charge on any atom is 0.311 e. The molecule has 1 fully saturated rings. The Hall–Kier alpha value is -2.38. The second kappa shape index (κ2) is 10.3. The molecular weight excluding hydrogens is 484 g/mol. The fraction of sp³-hybridized carbons (Fsp3) is 0.348. The second-order valence-corrected chi connectivity index (χ2v) is 8.58. The molecule has 1 heterocycles. The molecule has 3 rings (SSSR count). The van der Waals surface area contributed by atoms with Crippen LogP contribution in [0.5, 0.6) is 0 Å². The van der Waals surface area contributed by atoms with E-state index < -0.39 is 24.4 Å². The number of carbonyl (C=O) groups excluding carboxylic acids is 3. The standard InChI is InChI=1S/C23H24BrClN2O4/c1-3-14-6-5-7-15(4-2)22(14)27-12-16(10-21(27)29)23(30)31-13-20(28)26-17-8-9-18(24)19(25)11-17/h5-9,11,16H,3-4,10,12-13H2,1-2H3,(H,26,28)/t16-/m0/s1. The molecule has 0 aliphatic carbocycles. The minimum absolute atomic E-state index is 0.0734. The van der Waals surface area contributed by atoms with Gasteiger partial charge in [-0.2, -0.15) is 0 Å². The molecule has 31 heavy (non-hydrogen) atoms. The average Bonchev–Trinajstić information content (AvgIpc) is 3.15. The summed E-state index contributed by atoms with van der Waals surface area (Å²) in [6, 6.07) is 11.0. The monoisotopic (exact) mass is 506 g/mol. The van der Waals surface area contributed by atoms with Crippen LogP contribution in [0.1, 0.15) is 31.4 Å². The van der Waals surface area contributed by atoms with Crippen LogP contribution in [0, 0.1) is 5.92 Å². The molecular formula is C23H24BrClN2O4. The number of halogens is 2. The summed E-state index contributed by atoms with van der Waals surface area (Å²) in [6.07, 6.45) is 1.66. The van der Waals surface area contributed by atoms with Gasteiger partial charge in [-0.15, -0.1) is 0 Å². The zero-order chi connectivity index (χ0) is 22.5. The fourth-order valence-electron chi connectivity index (χ4n) is 3.67. The predicted octanol–water partition coefficient (Wildman–Crippen LogP) is 4.76. The molecule has 164 valence electrons. The number of benzene rings is 2. The van der Waals surface area contributed by atoms with Gasteiger partial charge in [0.05, 0.1) is 10.9 Å². The number of carbonyl (C=O) groups is 3. The van der Waals surface area contributed by atoms with Gasteiger partial charge in [0.25, 0.3) is 5.91 Å². The first-order valence-corrected chi connectivity index (χ1v) is 11.3. The Labute approximate surface area is 195 Å². The van der Waals surface area contributed by atoms with Gasteiger partial charge in [-0.25, -0.2) is 0 Å². The minimum atomic E-state index is -0.600. The van der Waals surface area contributed by atoms with E-state index in [0.717, 1.165) is 29.7 Å². The maximum absolute atomic E-state index is 12.7. The normalized spacial score (nSPS) is 15.8. The summed E-state index contributed by atoms with van der Waals surface area (Å²) in [7, 11) is 0. The Morgan fingerprint density at radius 2 is 1.87 bits per heavy atom. The smallest absolute Gasteiger partial charge is 0.311 e.